The predicted molar refractivity (Wildman–Crippen MR) is 76.0 cm³/mol. The monoisotopic (exact) mass is 342 g/mol. The Morgan fingerprint density at radius 1 is 1.35 bits per heavy atom. The van der Waals surface area contributed by atoms with Gasteiger partial charge >= 0.3 is 5.92 Å². The van der Waals surface area contributed by atoms with E-state index in [0.717, 1.165) is 4.57 Å². The summed E-state index contributed by atoms with van der Waals surface area (Å²) in [5.74, 6) is -3.51. The van der Waals surface area contributed by atoms with Gasteiger partial charge in [0.15, 0.2) is 5.82 Å². The van der Waals surface area contributed by atoms with Crippen LogP contribution in [0.15, 0.2) is 27.5 Å². The molecule has 1 aromatic heterocycles. The average Bonchev–Trinajstić information content (AvgIpc) is 2.29. The molecule has 0 saturated carbocycles. The molecule has 0 spiro atoms. The minimum atomic E-state index is -3.09. The van der Waals surface area contributed by atoms with Crippen molar-refractivity contribution < 1.29 is 8.78 Å². The van der Waals surface area contributed by atoms with Crippen LogP contribution in [0.25, 0.3) is 10.9 Å². The van der Waals surface area contributed by atoms with Gasteiger partial charge in [0, 0.05) is 17.4 Å². The van der Waals surface area contributed by atoms with Gasteiger partial charge in [-0.1, -0.05) is 29.8 Å². The molecule has 0 saturated heterocycles. The van der Waals surface area contributed by atoms with E-state index in [2.05, 4.69) is 20.9 Å². The molecule has 3 rings (SSSR count). The Morgan fingerprint density at radius 2 is 2.05 bits per heavy atom. The number of alkyl halides is 2. The van der Waals surface area contributed by atoms with Gasteiger partial charge < -0.3 is 0 Å². The van der Waals surface area contributed by atoms with Crippen molar-refractivity contribution in [2.24, 2.45) is 5.41 Å². The number of fused-ring (bicyclic) bond motifs is 2. The topological polar surface area (TPSA) is 34.9 Å². The van der Waals surface area contributed by atoms with Crippen molar-refractivity contribution in [3.8, 4) is 0 Å². The largest absolute Gasteiger partial charge is 0.305 e. The second-order valence-electron chi connectivity index (χ2n) is 6.03. The number of hydrogen-bond acceptors (Lipinski definition) is 2. The number of rotatable bonds is 0. The van der Waals surface area contributed by atoms with Crippen LogP contribution in [0.3, 0.4) is 0 Å². The first kappa shape index (κ1) is 13.7. The average molecular weight is 343 g/mol. The summed E-state index contributed by atoms with van der Waals surface area (Å²) in [5, 5.41) is 0.366. The van der Waals surface area contributed by atoms with Crippen LogP contribution in [0, 0.1) is 5.41 Å². The van der Waals surface area contributed by atoms with Crippen molar-refractivity contribution in [3.63, 3.8) is 0 Å². The summed E-state index contributed by atoms with van der Waals surface area (Å²) in [6.45, 7) is 3.74. The third-order valence-corrected chi connectivity index (χ3v) is 4.02. The minimum absolute atomic E-state index is 0.260. The van der Waals surface area contributed by atoms with E-state index in [9.17, 15) is 13.6 Å². The van der Waals surface area contributed by atoms with Crippen molar-refractivity contribution in [1.29, 1.82) is 0 Å². The third kappa shape index (κ3) is 2.06. The van der Waals surface area contributed by atoms with E-state index < -0.39 is 22.7 Å². The van der Waals surface area contributed by atoms with Crippen LogP contribution in [0.1, 0.15) is 26.1 Å². The van der Waals surface area contributed by atoms with Gasteiger partial charge in [0.1, 0.15) is 0 Å². The molecule has 0 amide bonds. The maximum absolute atomic E-state index is 14.3. The molecule has 1 aliphatic heterocycles. The van der Waals surface area contributed by atoms with Gasteiger partial charge in [-0.15, -0.1) is 0 Å². The lowest BCUT2D eigenvalue weighted by molar-refractivity contribution is -0.0793. The van der Waals surface area contributed by atoms with E-state index in [1.54, 1.807) is 32.0 Å². The highest BCUT2D eigenvalue weighted by atomic mass is 79.9. The molecule has 1 aromatic carbocycles. The zero-order valence-electron chi connectivity index (χ0n) is 11.1. The first-order valence-corrected chi connectivity index (χ1v) is 7.07. The molecule has 1 aliphatic rings. The van der Waals surface area contributed by atoms with Crippen LogP contribution in [0.4, 0.5) is 8.78 Å². The fourth-order valence-corrected chi connectivity index (χ4v) is 3.13. The van der Waals surface area contributed by atoms with Crippen molar-refractivity contribution in [1.82, 2.24) is 9.55 Å². The van der Waals surface area contributed by atoms with Gasteiger partial charge in [0.05, 0.1) is 10.9 Å². The van der Waals surface area contributed by atoms with Gasteiger partial charge in [-0.3, -0.25) is 9.36 Å². The lowest BCUT2D eigenvalue weighted by atomic mass is 9.83. The van der Waals surface area contributed by atoms with E-state index in [0.29, 0.717) is 15.4 Å². The predicted octanol–water partition coefficient (Wildman–Crippen LogP) is 3.68. The van der Waals surface area contributed by atoms with Crippen molar-refractivity contribution in [2.45, 2.75) is 32.7 Å². The molecule has 0 radical (unpaired) electrons. The lowest BCUT2D eigenvalue weighted by Crippen LogP contribution is -2.43. The zero-order chi connectivity index (χ0) is 14.7. The molecular formula is C14H13BrF2N2O. The highest BCUT2D eigenvalue weighted by Crippen LogP contribution is 2.43. The van der Waals surface area contributed by atoms with Crippen LogP contribution in [-0.4, -0.2) is 9.55 Å². The molecule has 0 bridgehead atoms. The summed E-state index contributed by atoms with van der Waals surface area (Å²) in [5.41, 5.74) is -0.731. The normalized spacial score (nSPS) is 19.9. The highest BCUT2D eigenvalue weighted by molar-refractivity contribution is 9.10. The molecule has 3 nitrogen and oxygen atoms in total. The SMILES string of the molecule is CC1(C)Cn2c(nc3cc(Br)ccc3c2=O)C(F)(F)C1. The number of halogens is 3. The van der Waals surface area contributed by atoms with E-state index in [4.69, 9.17) is 0 Å². The molecule has 0 N–H and O–H groups in total. The summed E-state index contributed by atoms with van der Waals surface area (Å²) in [6, 6.07) is 4.92. The number of hydrogen-bond donors (Lipinski definition) is 0. The van der Waals surface area contributed by atoms with E-state index in [1.807, 2.05) is 0 Å². The molecule has 2 aromatic rings. The van der Waals surface area contributed by atoms with Crippen LogP contribution < -0.4 is 5.56 Å². The molecule has 0 aliphatic carbocycles. The van der Waals surface area contributed by atoms with Crippen LogP contribution in [0.2, 0.25) is 0 Å². The van der Waals surface area contributed by atoms with Gasteiger partial charge in [0.2, 0.25) is 0 Å². The second-order valence-corrected chi connectivity index (χ2v) is 6.95. The fourth-order valence-electron chi connectivity index (χ4n) is 2.78. The van der Waals surface area contributed by atoms with E-state index in [1.165, 1.54) is 0 Å². The van der Waals surface area contributed by atoms with Gasteiger partial charge in [-0.05, 0) is 23.6 Å². The molecular weight excluding hydrogens is 330 g/mol. The first-order chi connectivity index (χ1) is 9.20. The molecule has 106 valence electrons. The Balaban J connectivity index is 2.39. The first-order valence-electron chi connectivity index (χ1n) is 6.28. The zero-order valence-corrected chi connectivity index (χ0v) is 12.7. The maximum Gasteiger partial charge on any atom is 0.305 e. The maximum atomic E-state index is 14.3. The van der Waals surface area contributed by atoms with Crippen LogP contribution in [0.5, 0.6) is 0 Å². The van der Waals surface area contributed by atoms with Gasteiger partial charge in [-0.25, -0.2) is 4.98 Å². The van der Waals surface area contributed by atoms with Crippen LogP contribution in [-0.2, 0) is 12.5 Å². The summed E-state index contributed by atoms with van der Waals surface area (Å²) < 4.78 is 30.4. The summed E-state index contributed by atoms with van der Waals surface area (Å²) in [6.07, 6.45) is -0.300. The summed E-state index contributed by atoms with van der Waals surface area (Å²) in [7, 11) is 0. The Morgan fingerprint density at radius 3 is 2.75 bits per heavy atom. The number of benzene rings is 1. The molecule has 0 fully saturated rings. The second kappa shape index (κ2) is 4.10. The van der Waals surface area contributed by atoms with Crippen molar-refractivity contribution >= 4 is 26.8 Å². The molecule has 2 heterocycles. The Labute approximate surface area is 122 Å². The minimum Gasteiger partial charge on any atom is -0.291 e. The molecule has 0 unspecified atom stereocenters. The molecule has 6 heteroatoms. The number of nitrogens with zero attached hydrogens (tertiary/aromatic N) is 2. The van der Waals surface area contributed by atoms with Gasteiger partial charge in [0.25, 0.3) is 5.56 Å². The fraction of sp³-hybridized carbons (Fsp3) is 0.429. The summed E-state index contributed by atoms with van der Waals surface area (Å²) >= 11 is 3.26. The standard InChI is InChI=1S/C14H13BrF2N2O/c1-13(2)6-14(16,17)12-18-10-5-8(15)3-4-9(10)11(20)19(12)7-13/h3-5H,6-7H2,1-2H3. The molecule has 0 atom stereocenters. The van der Waals surface area contributed by atoms with Crippen LogP contribution >= 0.6 is 15.9 Å². The summed E-state index contributed by atoms with van der Waals surface area (Å²) in [4.78, 5) is 16.5. The quantitative estimate of drug-likeness (QED) is 0.731. The van der Waals surface area contributed by atoms with Gasteiger partial charge in [-0.2, -0.15) is 8.78 Å². The smallest absolute Gasteiger partial charge is 0.291 e. The van der Waals surface area contributed by atoms with Crippen molar-refractivity contribution in [2.75, 3.05) is 0 Å². The Hall–Kier alpha value is -1.30. The molecule has 20 heavy (non-hydrogen) atoms. The number of aromatic nitrogens is 2. The third-order valence-electron chi connectivity index (χ3n) is 3.53. The van der Waals surface area contributed by atoms with E-state index >= 15 is 0 Å². The lowest BCUT2D eigenvalue weighted by Gasteiger charge is -2.36. The Kier molecular flexibility index (Phi) is 2.80. The Bertz CT molecular complexity index is 768. The van der Waals surface area contributed by atoms with E-state index in [-0.39, 0.29) is 13.0 Å². The highest BCUT2D eigenvalue weighted by Gasteiger charge is 2.47. The van der Waals surface area contributed by atoms with Crippen molar-refractivity contribution in [3.05, 3.63) is 38.9 Å².